The smallest absolute Gasteiger partial charge is 0.252 e. The molecule has 5 rings (SSSR count). The van der Waals surface area contributed by atoms with Crippen molar-refractivity contribution in [2.45, 2.75) is 39.8 Å². The maximum absolute atomic E-state index is 13.0. The molecule has 1 amide bonds. The van der Waals surface area contributed by atoms with E-state index >= 15 is 0 Å². The van der Waals surface area contributed by atoms with Gasteiger partial charge in [0.25, 0.3) is 5.91 Å². The number of nitrogens with zero attached hydrogens (tertiary/aromatic N) is 2. The summed E-state index contributed by atoms with van der Waals surface area (Å²) in [6, 6.07) is 28.2. The number of imidazole rings is 1. The summed E-state index contributed by atoms with van der Waals surface area (Å²) in [5.74, 6) is 1.64. The summed E-state index contributed by atoms with van der Waals surface area (Å²) in [6.45, 7) is 7.33. The van der Waals surface area contributed by atoms with Gasteiger partial charge in [0.05, 0.1) is 23.7 Å². The Morgan fingerprint density at radius 2 is 1.72 bits per heavy atom. The number of hydrogen-bond donors (Lipinski definition) is 1. The molecule has 0 bridgehead atoms. The lowest BCUT2D eigenvalue weighted by molar-refractivity contribution is 0.0937. The Hall–Kier alpha value is -4.12. The Labute approximate surface area is 211 Å². The first-order valence-corrected chi connectivity index (χ1v) is 12.4. The van der Waals surface area contributed by atoms with Gasteiger partial charge in [-0.3, -0.25) is 4.79 Å². The van der Waals surface area contributed by atoms with Gasteiger partial charge >= 0.3 is 0 Å². The standard InChI is InChI=1S/C31H31N3O2/c1-21-13-16-27(22(2)19-21)31(35)32-23(3)30-33-28-11-6-7-12-29(28)34(30)17-8-18-36-26-15-14-24-9-4-5-10-25(24)20-26/h4-7,9-16,19-20,23H,8,17-18H2,1-3H3,(H,32,35). The van der Waals surface area contributed by atoms with E-state index < -0.39 is 0 Å². The van der Waals surface area contributed by atoms with Gasteiger partial charge in [0, 0.05) is 12.1 Å². The van der Waals surface area contributed by atoms with Crippen molar-refractivity contribution in [3.05, 3.63) is 107 Å². The van der Waals surface area contributed by atoms with Gasteiger partial charge in [0.15, 0.2) is 0 Å². The first kappa shape index (κ1) is 23.6. The van der Waals surface area contributed by atoms with Crippen molar-refractivity contribution in [1.29, 1.82) is 0 Å². The molecule has 0 radical (unpaired) electrons. The summed E-state index contributed by atoms with van der Waals surface area (Å²) in [7, 11) is 0. The van der Waals surface area contributed by atoms with Crippen molar-refractivity contribution in [3.63, 3.8) is 0 Å². The second kappa shape index (κ2) is 10.2. The molecular weight excluding hydrogens is 446 g/mol. The number of amides is 1. The summed E-state index contributed by atoms with van der Waals surface area (Å²) in [5, 5.41) is 5.53. The Morgan fingerprint density at radius 3 is 2.56 bits per heavy atom. The molecule has 1 aromatic heterocycles. The average molecular weight is 478 g/mol. The summed E-state index contributed by atoms with van der Waals surface area (Å²) >= 11 is 0. The minimum absolute atomic E-state index is 0.0850. The number of carbonyl (C=O) groups excluding carboxylic acids is 1. The zero-order valence-electron chi connectivity index (χ0n) is 21.0. The zero-order valence-corrected chi connectivity index (χ0v) is 21.0. The van der Waals surface area contributed by atoms with Crippen molar-refractivity contribution in [2.75, 3.05) is 6.61 Å². The van der Waals surface area contributed by atoms with Crippen LogP contribution < -0.4 is 10.1 Å². The number of aromatic nitrogens is 2. The van der Waals surface area contributed by atoms with Gasteiger partial charge in [-0.05, 0) is 73.9 Å². The molecule has 5 aromatic rings. The highest BCUT2D eigenvalue weighted by molar-refractivity contribution is 5.96. The van der Waals surface area contributed by atoms with E-state index in [0.29, 0.717) is 12.2 Å². The number of aryl methyl sites for hydroxylation is 3. The molecule has 5 heteroatoms. The molecule has 0 aliphatic heterocycles. The molecule has 1 N–H and O–H groups in total. The van der Waals surface area contributed by atoms with Crippen LogP contribution in [0.2, 0.25) is 0 Å². The predicted octanol–water partition coefficient (Wildman–Crippen LogP) is 6.77. The van der Waals surface area contributed by atoms with Crippen LogP contribution >= 0.6 is 0 Å². The normalized spacial score (nSPS) is 12.1. The maximum atomic E-state index is 13.0. The summed E-state index contributed by atoms with van der Waals surface area (Å²) in [4.78, 5) is 17.9. The summed E-state index contributed by atoms with van der Waals surface area (Å²) in [6.07, 6.45) is 0.817. The first-order valence-electron chi connectivity index (χ1n) is 12.4. The monoisotopic (exact) mass is 477 g/mol. The second-order valence-corrected chi connectivity index (χ2v) is 9.33. The number of fused-ring (bicyclic) bond motifs is 2. The largest absolute Gasteiger partial charge is 0.494 e. The highest BCUT2D eigenvalue weighted by Gasteiger charge is 2.20. The number of para-hydroxylation sites is 2. The van der Waals surface area contributed by atoms with Crippen LogP contribution in [0.3, 0.4) is 0 Å². The Balaban J connectivity index is 1.30. The molecule has 1 atom stereocenters. The highest BCUT2D eigenvalue weighted by atomic mass is 16.5. The first-order chi connectivity index (χ1) is 17.5. The van der Waals surface area contributed by atoms with E-state index in [1.165, 1.54) is 10.8 Å². The van der Waals surface area contributed by atoms with E-state index in [1.54, 1.807) is 0 Å². The molecule has 1 heterocycles. The van der Waals surface area contributed by atoms with Crippen molar-refractivity contribution in [2.24, 2.45) is 0 Å². The van der Waals surface area contributed by atoms with Gasteiger partial charge < -0.3 is 14.6 Å². The Morgan fingerprint density at radius 1 is 0.944 bits per heavy atom. The van der Waals surface area contributed by atoms with E-state index in [4.69, 9.17) is 9.72 Å². The number of benzene rings is 4. The lowest BCUT2D eigenvalue weighted by Crippen LogP contribution is -2.29. The molecular formula is C31H31N3O2. The minimum Gasteiger partial charge on any atom is -0.494 e. The van der Waals surface area contributed by atoms with Crippen LogP contribution in [-0.4, -0.2) is 22.1 Å². The SMILES string of the molecule is Cc1ccc(C(=O)NC(C)c2nc3ccccc3n2CCCOc2ccc3ccccc3c2)c(C)c1. The molecule has 0 aliphatic rings. The van der Waals surface area contributed by atoms with Crippen LogP contribution in [0.5, 0.6) is 5.75 Å². The lowest BCUT2D eigenvalue weighted by Gasteiger charge is -2.17. The van der Waals surface area contributed by atoms with Crippen LogP contribution in [0.1, 0.15) is 46.7 Å². The number of nitrogens with one attached hydrogen (secondary N) is 1. The molecule has 0 saturated carbocycles. The predicted molar refractivity (Wildman–Crippen MR) is 146 cm³/mol. The number of rotatable bonds is 8. The quantitative estimate of drug-likeness (QED) is 0.251. The van der Waals surface area contributed by atoms with Crippen molar-refractivity contribution in [3.8, 4) is 5.75 Å². The van der Waals surface area contributed by atoms with E-state index in [0.717, 1.165) is 46.7 Å². The lowest BCUT2D eigenvalue weighted by atomic mass is 10.0. The minimum atomic E-state index is -0.244. The van der Waals surface area contributed by atoms with Gasteiger partial charge in [0.1, 0.15) is 11.6 Å². The van der Waals surface area contributed by atoms with E-state index in [1.807, 2.05) is 75.4 Å². The number of hydrogen-bond acceptors (Lipinski definition) is 3. The van der Waals surface area contributed by atoms with Crippen LogP contribution in [0.25, 0.3) is 21.8 Å². The van der Waals surface area contributed by atoms with E-state index in [2.05, 4.69) is 40.2 Å². The van der Waals surface area contributed by atoms with Gasteiger partial charge in [0.2, 0.25) is 0 Å². The Bertz CT molecular complexity index is 1540. The second-order valence-electron chi connectivity index (χ2n) is 9.33. The highest BCUT2D eigenvalue weighted by Crippen LogP contribution is 2.23. The fourth-order valence-electron chi connectivity index (χ4n) is 4.74. The third kappa shape index (κ3) is 4.96. The molecule has 4 aromatic carbocycles. The average Bonchev–Trinajstić information content (AvgIpc) is 3.25. The molecule has 1 unspecified atom stereocenters. The number of carbonyl (C=O) groups is 1. The van der Waals surface area contributed by atoms with Gasteiger partial charge in [-0.15, -0.1) is 0 Å². The molecule has 36 heavy (non-hydrogen) atoms. The summed E-state index contributed by atoms with van der Waals surface area (Å²) in [5.41, 5.74) is 4.80. The van der Waals surface area contributed by atoms with Crippen molar-refractivity contribution < 1.29 is 9.53 Å². The maximum Gasteiger partial charge on any atom is 0.252 e. The molecule has 0 spiro atoms. The van der Waals surface area contributed by atoms with Crippen LogP contribution in [0, 0.1) is 13.8 Å². The fraction of sp³-hybridized carbons (Fsp3) is 0.226. The van der Waals surface area contributed by atoms with Crippen molar-refractivity contribution >= 4 is 27.7 Å². The van der Waals surface area contributed by atoms with E-state index in [-0.39, 0.29) is 11.9 Å². The molecule has 0 saturated heterocycles. The molecule has 5 nitrogen and oxygen atoms in total. The van der Waals surface area contributed by atoms with Crippen LogP contribution in [0.4, 0.5) is 0 Å². The van der Waals surface area contributed by atoms with Crippen LogP contribution in [0.15, 0.2) is 84.9 Å². The van der Waals surface area contributed by atoms with Gasteiger partial charge in [-0.25, -0.2) is 4.98 Å². The van der Waals surface area contributed by atoms with E-state index in [9.17, 15) is 4.79 Å². The third-order valence-corrected chi connectivity index (χ3v) is 6.56. The van der Waals surface area contributed by atoms with Gasteiger partial charge in [-0.1, -0.05) is 60.2 Å². The topological polar surface area (TPSA) is 56.2 Å². The Kier molecular flexibility index (Phi) is 6.72. The van der Waals surface area contributed by atoms with Crippen molar-refractivity contribution in [1.82, 2.24) is 14.9 Å². The fourth-order valence-corrected chi connectivity index (χ4v) is 4.74. The molecule has 182 valence electrons. The summed E-state index contributed by atoms with van der Waals surface area (Å²) < 4.78 is 8.27. The zero-order chi connectivity index (χ0) is 25.1. The van der Waals surface area contributed by atoms with Gasteiger partial charge in [-0.2, -0.15) is 0 Å². The number of ether oxygens (including phenoxy) is 1. The molecule has 0 fully saturated rings. The van der Waals surface area contributed by atoms with Crippen LogP contribution in [-0.2, 0) is 6.54 Å². The molecule has 0 aliphatic carbocycles. The third-order valence-electron chi connectivity index (χ3n) is 6.56.